The minimum Gasteiger partial charge on any atom is -0.298 e. The molecule has 0 atom stereocenters. The van der Waals surface area contributed by atoms with Gasteiger partial charge in [0.1, 0.15) is 0 Å². The molecule has 0 fully saturated rings. The van der Waals surface area contributed by atoms with E-state index in [0.29, 0.717) is 10.7 Å². The maximum absolute atomic E-state index is 12.4. The first kappa shape index (κ1) is 16.9. The summed E-state index contributed by atoms with van der Waals surface area (Å²) in [6, 6.07) is 17.4. The Morgan fingerprint density at radius 2 is 1.96 bits per heavy atom. The lowest BCUT2D eigenvalue weighted by Crippen LogP contribution is -2.11. The molecule has 1 amide bonds. The molecule has 1 heterocycles. The van der Waals surface area contributed by atoms with Crippen LogP contribution in [0.5, 0.6) is 0 Å². The first-order valence-corrected chi connectivity index (χ1v) is 9.40. The Morgan fingerprint density at radius 3 is 2.67 bits per heavy atom. The highest BCUT2D eigenvalue weighted by Gasteiger charge is 2.15. The largest absolute Gasteiger partial charge is 0.298 e. The third-order valence-corrected chi connectivity index (χ3v) is 5.05. The topological polar surface area (TPSA) is 42.0 Å². The van der Waals surface area contributed by atoms with E-state index >= 15 is 0 Å². The molecule has 1 aromatic heterocycles. The molecule has 0 unspecified atom stereocenters. The lowest BCUT2D eigenvalue weighted by atomic mass is 10.1. The van der Waals surface area contributed by atoms with Crippen LogP contribution in [0.3, 0.4) is 0 Å². The molecule has 0 bridgehead atoms. The molecule has 3 rings (SSSR count). The van der Waals surface area contributed by atoms with Gasteiger partial charge in [-0.05, 0) is 24.6 Å². The van der Waals surface area contributed by atoms with Crippen molar-refractivity contribution in [3.05, 3.63) is 69.5 Å². The molecule has 0 aliphatic rings. The Bertz CT molecular complexity index is 846. The zero-order chi connectivity index (χ0) is 16.9. The van der Waals surface area contributed by atoms with Crippen molar-refractivity contribution in [1.82, 2.24) is 4.98 Å². The lowest BCUT2D eigenvalue weighted by molar-refractivity contribution is 0.102. The number of rotatable bonds is 5. The Kier molecular flexibility index (Phi) is 5.43. The van der Waals surface area contributed by atoms with E-state index in [4.69, 9.17) is 0 Å². The molecule has 3 aromatic rings. The molecule has 2 aromatic carbocycles. The number of benzene rings is 2. The number of halogens is 1. The molecule has 1 N–H and O–H groups in total. The van der Waals surface area contributed by atoms with Gasteiger partial charge in [-0.3, -0.25) is 10.1 Å². The third kappa shape index (κ3) is 3.91. The number of nitrogens with one attached hydrogen (secondary N) is 1. The molecule has 0 spiro atoms. The summed E-state index contributed by atoms with van der Waals surface area (Å²) >= 11 is 4.94. The van der Waals surface area contributed by atoms with Crippen molar-refractivity contribution in [2.45, 2.75) is 19.8 Å². The van der Waals surface area contributed by atoms with Gasteiger partial charge in [-0.2, -0.15) is 0 Å². The van der Waals surface area contributed by atoms with E-state index in [1.165, 1.54) is 4.88 Å². The molecular weight excluding hydrogens is 384 g/mol. The molecule has 3 nitrogen and oxygen atoms in total. The summed E-state index contributed by atoms with van der Waals surface area (Å²) in [4.78, 5) is 18.3. The van der Waals surface area contributed by atoms with Gasteiger partial charge in [-0.25, -0.2) is 4.98 Å². The highest BCUT2D eigenvalue weighted by atomic mass is 79.9. The zero-order valence-corrected chi connectivity index (χ0v) is 15.7. The van der Waals surface area contributed by atoms with Crippen LogP contribution in [-0.4, -0.2) is 10.9 Å². The summed E-state index contributed by atoms with van der Waals surface area (Å²) in [6.07, 6.45) is 2.00. The number of carbonyl (C=O) groups excluding carboxylic acids is 1. The summed E-state index contributed by atoms with van der Waals surface area (Å²) < 4.78 is 0.880. The fourth-order valence-electron chi connectivity index (χ4n) is 2.42. The van der Waals surface area contributed by atoms with Gasteiger partial charge >= 0.3 is 0 Å². The van der Waals surface area contributed by atoms with Gasteiger partial charge in [-0.15, -0.1) is 11.3 Å². The van der Waals surface area contributed by atoms with Crippen molar-refractivity contribution in [3.8, 4) is 11.3 Å². The summed E-state index contributed by atoms with van der Waals surface area (Å²) in [7, 11) is 0. The highest BCUT2D eigenvalue weighted by Crippen LogP contribution is 2.32. The number of hydrogen-bond donors (Lipinski definition) is 1. The highest BCUT2D eigenvalue weighted by molar-refractivity contribution is 9.10. The lowest BCUT2D eigenvalue weighted by Gasteiger charge is -2.02. The molecule has 122 valence electrons. The van der Waals surface area contributed by atoms with Gasteiger partial charge in [-0.1, -0.05) is 65.7 Å². The number of anilines is 1. The Hall–Kier alpha value is -1.98. The molecule has 0 aliphatic heterocycles. The van der Waals surface area contributed by atoms with Crippen LogP contribution >= 0.6 is 27.3 Å². The maximum Gasteiger partial charge on any atom is 0.257 e. The number of thiazole rings is 1. The Morgan fingerprint density at radius 1 is 1.17 bits per heavy atom. The molecule has 0 saturated carbocycles. The second-order valence-electron chi connectivity index (χ2n) is 5.37. The first-order valence-electron chi connectivity index (χ1n) is 7.79. The van der Waals surface area contributed by atoms with Crippen LogP contribution in [0.4, 0.5) is 5.13 Å². The van der Waals surface area contributed by atoms with Gasteiger partial charge in [0.25, 0.3) is 5.91 Å². The van der Waals surface area contributed by atoms with Crippen LogP contribution in [0.15, 0.2) is 59.1 Å². The van der Waals surface area contributed by atoms with E-state index in [0.717, 1.165) is 28.6 Å². The number of carbonyl (C=O) groups is 1. The summed E-state index contributed by atoms with van der Waals surface area (Å²) in [6.45, 7) is 2.15. The van der Waals surface area contributed by atoms with Crippen molar-refractivity contribution >= 4 is 38.3 Å². The third-order valence-electron chi connectivity index (χ3n) is 3.53. The predicted octanol–water partition coefficient (Wildman–Crippen LogP) is 5.78. The first-order chi connectivity index (χ1) is 11.7. The van der Waals surface area contributed by atoms with Crippen LogP contribution in [0, 0.1) is 0 Å². The molecule has 24 heavy (non-hydrogen) atoms. The van der Waals surface area contributed by atoms with Crippen LogP contribution < -0.4 is 5.32 Å². The van der Waals surface area contributed by atoms with Crippen molar-refractivity contribution in [2.24, 2.45) is 0 Å². The van der Waals surface area contributed by atoms with Gasteiger partial charge in [0.15, 0.2) is 5.13 Å². The number of hydrogen-bond acceptors (Lipinski definition) is 3. The van der Waals surface area contributed by atoms with Crippen LogP contribution in [0.25, 0.3) is 11.3 Å². The van der Waals surface area contributed by atoms with E-state index in [2.05, 4.69) is 33.2 Å². The summed E-state index contributed by atoms with van der Waals surface area (Å²) in [5, 5.41) is 3.56. The minimum atomic E-state index is -0.146. The Labute approximate surface area is 153 Å². The van der Waals surface area contributed by atoms with E-state index in [1.54, 1.807) is 23.5 Å². The average Bonchev–Trinajstić information content (AvgIpc) is 2.98. The quantitative estimate of drug-likeness (QED) is 0.589. The monoisotopic (exact) mass is 400 g/mol. The summed E-state index contributed by atoms with van der Waals surface area (Å²) in [5.74, 6) is -0.146. The van der Waals surface area contributed by atoms with Crippen molar-refractivity contribution < 1.29 is 4.79 Å². The van der Waals surface area contributed by atoms with Crippen LogP contribution in [0.2, 0.25) is 0 Å². The number of aromatic nitrogens is 1. The van der Waals surface area contributed by atoms with Gasteiger partial charge in [0.05, 0.1) is 5.69 Å². The van der Waals surface area contributed by atoms with Crippen molar-refractivity contribution in [3.63, 3.8) is 0 Å². The standard InChI is InChI=1S/C19H17BrN2OS/c1-2-7-16-17(13-8-4-3-5-9-13)21-19(24-16)22-18(23)14-10-6-11-15(20)12-14/h3-6,8-12H,2,7H2,1H3,(H,21,22,23). The normalized spacial score (nSPS) is 10.6. The fraction of sp³-hybridized carbons (Fsp3) is 0.158. The van der Waals surface area contributed by atoms with E-state index < -0.39 is 0 Å². The second kappa shape index (κ2) is 7.73. The van der Waals surface area contributed by atoms with Crippen LogP contribution in [-0.2, 0) is 6.42 Å². The maximum atomic E-state index is 12.4. The molecule has 0 saturated heterocycles. The molecule has 5 heteroatoms. The van der Waals surface area contributed by atoms with Gasteiger partial charge < -0.3 is 0 Å². The zero-order valence-electron chi connectivity index (χ0n) is 13.3. The Balaban J connectivity index is 1.88. The van der Waals surface area contributed by atoms with Gasteiger partial charge in [0.2, 0.25) is 0 Å². The van der Waals surface area contributed by atoms with Crippen LogP contribution in [0.1, 0.15) is 28.6 Å². The second-order valence-corrected chi connectivity index (χ2v) is 7.37. The summed E-state index contributed by atoms with van der Waals surface area (Å²) in [5.41, 5.74) is 2.66. The van der Waals surface area contributed by atoms with E-state index in [-0.39, 0.29) is 5.91 Å². The molecular formula is C19H17BrN2OS. The molecule has 0 aliphatic carbocycles. The smallest absolute Gasteiger partial charge is 0.257 e. The van der Waals surface area contributed by atoms with Crippen molar-refractivity contribution in [2.75, 3.05) is 5.32 Å². The predicted molar refractivity (Wildman–Crippen MR) is 104 cm³/mol. The number of amides is 1. The molecule has 0 radical (unpaired) electrons. The minimum absolute atomic E-state index is 0.146. The van der Waals surface area contributed by atoms with Gasteiger partial charge in [0, 0.05) is 20.5 Å². The van der Waals surface area contributed by atoms with Crippen molar-refractivity contribution in [1.29, 1.82) is 0 Å². The fourth-order valence-corrected chi connectivity index (χ4v) is 3.90. The van der Waals surface area contributed by atoms with E-state index in [1.807, 2.05) is 42.5 Å². The van der Waals surface area contributed by atoms with E-state index in [9.17, 15) is 4.79 Å². The SMILES string of the molecule is CCCc1sc(NC(=O)c2cccc(Br)c2)nc1-c1ccccc1. The number of nitrogens with zero attached hydrogens (tertiary/aromatic N) is 1. The number of aryl methyl sites for hydroxylation is 1. The average molecular weight is 401 g/mol.